The molecule has 7 nitrogen and oxygen atoms in total. The van der Waals surface area contributed by atoms with Gasteiger partial charge in [0, 0.05) is 35.8 Å². The molecule has 132 valence electrons. The van der Waals surface area contributed by atoms with E-state index < -0.39 is 0 Å². The first-order valence-corrected chi connectivity index (χ1v) is 8.57. The molecule has 2 aromatic rings. The molecule has 0 atom stereocenters. The van der Waals surface area contributed by atoms with E-state index >= 15 is 0 Å². The maximum atomic E-state index is 11.6. The number of hydrogen-bond acceptors (Lipinski definition) is 6. The standard InChI is InChI=1S/C18H22N4O3/c1-24-14-9-12-11-19-21-17(13(12)10-15(14)25-2)22-7-5-18(6-8-22)4-3-16(23)20-18/h9-11H,3-8H2,1-2H3,(H,20,23). The van der Waals surface area contributed by atoms with Gasteiger partial charge < -0.3 is 19.7 Å². The van der Waals surface area contributed by atoms with E-state index in [4.69, 9.17) is 9.47 Å². The number of hydrogen-bond donors (Lipinski definition) is 1. The minimum absolute atomic E-state index is 0.0213. The number of ether oxygens (including phenoxy) is 2. The molecule has 2 aliphatic heterocycles. The third-order valence-corrected chi connectivity index (χ3v) is 5.40. The van der Waals surface area contributed by atoms with Crippen LogP contribution < -0.4 is 19.7 Å². The molecule has 1 aromatic heterocycles. The molecular weight excluding hydrogens is 320 g/mol. The van der Waals surface area contributed by atoms with Crippen molar-refractivity contribution in [2.45, 2.75) is 31.2 Å². The molecule has 0 radical (unpaired) electrons. The highest BCUT2D eigenvalue weighted by atomic mass is 16.5. The van der Waals surface area contributed by atoms with Crippen LogP contribution in [0.4, 0.5) is 5.82 Å². The van der Waals surface area contributed by atoms with Crippen molar-refractivity contribution in [3.05, 3.63) is 18.3 Å². The van der Waals surface area contributed by atoms with Crippen LogP contribution in [0.1, 0.15) is 25.7 Å². The Hall–Kier alpha value is -2.57. The maximum absolute atomic E-state index is 11.6. The number of carbonyl (C=O) groups excluding carboxylic acids is 1. The molecule has 2 saturated heterocycles. The summed E-state index contributed by atoms with van der Waals surface area (Å²) in [4.78, 5) is 13.8. The van der Waals surface area contributed by atoms with Crippen LogP contribution in [0, 0.1) is 0 Å². The molecule has 0 bridgehead atoms. The van der Waals surface area contributed by atoms with Crippen molar-refractivity contribution in [1.29, 1.82) is 0 Å². The van der Waals surface area contributed by atoms with Crippen molar-refractivity contribution < 1.29 is 14.3 Å². The van der Waals surface area contributed by atoms with Crippen molar-refractivity contribution in [3.8, 4) is 11.5 Å². The Kier molecular flexibility index (Phi) is 3.86. The van der Waals surface area contributed by atoms with E-state index in [9.17, 15) is 4.79 Å². The normalized spacial score (nSPS) is 19.3. The summed E-state index contributed by atoms with van der Waals surface area (Å²) >= 11 is 0. The molecular formula is C18H22N4O3. The quantitative estimate of drug-likeness (QED) is 0.918. The fourth-order valence-corrected chi connectivity index (χ4v) is 3.92. The number of fused-ring (bicyclic) bond motifs is 1. The molecule has 4 rings (SSSR count). The zero-order valence-electron chi connectivity index (χ0n) is 14.5. The molecule has 0 saturated carbocycles. The summed E-state index contributed by atoms with van der Waals surface area (Å²) < 4.78 is 10.8. The Morgan fingerprint density at radius 3 is 2.48 bits per heavy atom. The van der Waals surface area contributed by atoms with Crippen LogP contribution in [-0.2, 0) is 4.79 Å². The SMILES string of the molecule is COc1cc2cnnc(N3CCC4(CCC(=O)N4)CC3)c2cc1OC. The van der Waals surface area contributed by atoms with E-state index in [0.717, 1.165) is 48.9 Å². The van der Waals surface area contributed by atoms with Crippen LogP contribution in [0.15, 0.2) is 18.3 Å². The van der Waals surface area contributed by atoms with Gasteiger partial charge in [-0.2, -0.15) is 5.10 Å². The Morgan fingerprint density at radius 2 is 1.84 bits per heavy atom. The van der Waals surface area contributed by atoms with Crippen molar-refractivity contribution >= 4 is 22.5 Å². The number of amides is 1. The van der Waals surface area contributed by atoms with Crippen LogP contribution >= 0.6 is 0 Å². The molecule has 3 heterocycles. The second-order valence-corrected chi connectivity index (χ2v) is 6.78. The molecule has 0 unspecified atom stereocenters. The zero-order chi connectivity index (χ0) is 17.4. The van der Waals surface area contributed by atoms with Gasteiger partial charge in [-0.05, 0) is 31.4 Å². The van der Waals surface area contributed by atoms with Crippen LogP contribution in [0.25, 0.3) is 10.8 Å². The summed E-state index contributed by atoms with van der Waals surface area (Å²) in [6.07, 6.45) is 5.19. The highest BCUT2D eigenvalue weighted by Crippen LogP contribution is 2.38. The lowest BCUT2D eigenvalue weighted by Crippen LogP contribution is -2.51. The minimum Gasteiger partial charge on any atom is -0.493 e. The van der Waals surface area contributed by atoms with E-state index in [1.165, 1.54) is 0 Å². The predicted molar refractivity (Wildman–Crippen MR) is 94.2 cm³/mol. The molecule has 25 heavy (non-hydrogen) atoms. The molecule has 1 spiro atoms. The van der Waals surface area contributed by atoms with Crippen molar-refractivity contribution in [3.63, 3.8) is 0 Å². The summed E-state index contributed by atoms with van der Waals surface area (Å²) in [6.45, 7) is 1.70. The number of nitrogens with one attached hydrogen (secondary N) is 1. The second-order valence-electron chi connectivity index (χ2n) is 6.78. The van der Waals surface area contributed by atoms with Crippen LogP contribution in [0.2, 0.25) is 0 Å². The molecule has 1 aromatic carbocycles. The molecule has 7 heteroatoms. The topological polar surface area (TPSA) is 76.6 Å². The lowest BCUT2D eigenvalue weighted by Gasteiger charge is -2.39. The highest BCUT2D eigenvalue weighted by molar-refractivity contribution is 5.94. The number of nitrogens with zero attached hydrogens (tertiary/aromatic N) is 3. The van der Waals surface area contributed by atoms with Crippen LogP contribution in [0.5, 0.6) is 11.5 Å². The van der Waals surface area contributed by atoms with Crippen LogP contribution in [0.3, 0.4) is 0 Å². The van der Waals surface area contributed by atoms with Gasteiger partial charge in [-0.25, -0.2) is 0 Å². The number of rotatable bonds is 3. The third kappa shape index (κ3) is 2.73. The average molecular weight is 342 g/mol. The zero-order valence-corrected chi connectivity index (χ0v) is 14.5. The van der Waals surface area contributed by atoms with Gasteiger partial charge in [0.05, 0.1) is 20.4 Å². The van der Waals surface area contributed by atoms with E-state index in [1.807, 2.05) is 12.1 Å². The number of methoxy groups -OCH3 is 2. The molecule has 1 amide bonds. The number of piperidine rings is 1. The third-order valence-electron chi connectivity index (χ3n) is 5.40. The predicted octanol–water partition coefficient (Wildman–Crippen LogP) is 1.90. The summed E-state index contributed by atoms with van der Waals surface area (Å²) in [7, 11) is 3.25. The lowest BCUT2D eigenvalue weighted by molar-refractivity contribution is -0.119. The van der Waals surface area contributed by atoms with Gasteiger partial charge in [0.2, 0.25) is 5.91 Å². The fraction of sp³-hybridized carbons (Fsp3) is 0.500. The lowest BCUT2D eigenvalue weighted by atomic mass is 9.86. The largest absolute Gasteiger partial charge is 0.493 e. The Labute approximate surface area is 146 Å². The van der Waals surface area contributed by atoms with Gasteiger partial charge in [-0.3, -0.25) is 4.79 Å². The van der Waals surface area contributed by atoms with Gasteiger partial charge in [0.1, 0.15) is 0 Å². The van der Waals surface area contributed by atoms with Gasteiger partial charge in [0.25, 0.3) is 0 Å². The average Bonchev–Trinajstić information content (AvgIpc) is 3.01. The Morgan fingerprint density at radius 1 is 1.12 bits per heavy atom. The maximum Gasteiger partial charge on any atom is 0.220 e. The van der Waals surface area contributed by atoms with Crippen LogP contribution in [-0.4, -0.2) is 49.0 Å². The summed E-state index contributed by atoms with van der Waals surface area (Å²) in [5.74, 6) is 2.40. The smallest absolute Gasteiger partial charge is 0.220 e. The summed E-state index contributed by atoms with van der Waals surface area (Å²) in [5.41, 5.74) is -0.0213. The first kappa shape index (κ1) is 15.9. The van der Waals surface area contributed by atoms with Gasteiger partial charge in [0.15, 0.2) is 17.3 Å². The fourth-order valence-electron chi connectivity index (χ4n) is 3.92. The van der Waals surface area contributed by atoms with Crippen molar-refractivity contribution in [1.82, 2.24) is 15.5 Å². The molecule has 2 aliphatic rings. The van der Waals surface area contributed by atoms with E-state index in [2.05, 4.69) is 20.4 Å². The second kappa shape index (κ2) is 6.06. The van der Waals surface area contributed by atoms with Crippen molar-refractivity contribution in [2.24, 2.45) is 0 Å². The number of carbonyl (C=O) groups is 1. The number of benzene rings is 1. The highest BCUT2D eigenvalue weighted by Gasteiger charge is 2.40. The van der Waals surface area contributed by atoms with E-state index in [1.54, 1.807) is 20.4 Å². The van der Waals surface area contributed by atoms with E-state index in [-0.39, 0.29) is 11.4 Å². The van der Waals surface area contributed by atoms with E-state index in [0.29, 0.717) is 17.9 Å². The minimum atomic E-state index is -0.0213. The van der Waals surface area contributed by atoms with Gasteiger partial charge in [-0.1, -0.05) is 0 Å². The first-order valence-electron chi connectivity index (χ1n) is 8.57. The summed E-state index contributed by atoms with van der Waals surface area (Å²) in [6, 6.07) is 3.88. The number of aromatic nitrogens is 2. The van der Waals surface area contributed by atoms with Gasteiger partial charge in [-0.15, -0.1) is 5.10 Å². The monoisotopic (exact) mass is 342 g/mol. The molecule has 1 N–H and O–H groups in total. The Balaban J connectivity index is 1.64. The van der Waals surface area contributed by atoms with Gasteiger partial charge >= 0.3 is 0 Å². The first-order chi connectivity index (χ1) is 12.1. The molecule has 2 fully saturated rings. The summed E-state index contributed by atoms with van der Waals surface area (Å²) in [5, 5.41) is 13.7. The molecule has 0 aliphatic carbocycles. The van der Waals surface area contributed by atoms with Crippen molar-refractivity contribution in [2.75, 3.05) is 32.2 Å². The number of anilines is 1. The Bertz CT molecular complexity index is 815.